The minimum atomic E-state index is -0.469. The van der Waals surface area contributed by atoms with Crippen LogP contribution >= 0.6 is 43.6 Å². The molecule has 0 bridgehead atoms. The number of aliphatic imine (C=N–C) groups is 1. The molecule has 0 unspecified atom stereocenters. The molecule has 28 heavy (non-hydrogen) atoms. The molecule has 1 aromatic carbocycles. The maximum absolute atomic E-state index is 12.8. The zero-order valence-electron chi connectivity index (χ0n) is 16.3. The fourth-order valence-corrected chi connectivity index (χ4v) is 5.08. The molecule has 1 amide bonds. The molecule has 1 fully saturated rings. The maximum Gasteiger partial charge on any atom is 0.343 e. The number of hydrogen-bond acceptors (Lipinski definition) is 6. The Hall–Kier alpha value is -1.32. The minimum absolute atomic E-state index is 0.0240. The number of methoxy groups -OCH3 is 1. The summed E-state index contributed by atoms with van der Waals surface area (Å²) in [6.07, 6.45) is 1.82. The lowest BCUT2D eigenvalue weighted by atomic mass is 10.2. The van der Waals surface area contributed by atoms with Gasteiger partial charge in [0.2, 0.25) is 0 Å². The first-order chi connectivity index (χ1) is 13.1. The highest BCUT2D eigenvalue weighted by Gasteiger charge is 2.35. The number of ether oxygens (including phenoxy) is 2. The third kappa shape index (κ3) is 5.61. The first-order valence-electron chi connectivity index (χ1n) is 8.63. The second-order valence-corrected chi connectivity index (χ2v) is 9.28. The molecule has 152 valence electrons. The van der Waals surface area contributed by atoms with Crippen LogP contribution in [-0.4, -0.2) is 47.7 Å². The Bertz CT molecular complexity index is 814. The van der Waals surface area contributed by atoms with Crippen LogP contribution in [-0.2, 0) is 14.3 Å². The maximum atomic E-state index is 12.8. The van der Waals surface area contributed by atoms with E-state index in [4.69, 9.17) is 4.74 Å². The van der Waals surface area contributed by atoms with E-state index in [0.717, 1.165) is 10.7 Å². The molecule has 1 aliphatic rings. The highest BCUT2D eigenvalue weighted by molar-refractivity contribution is 9.11. The second-order valence-electron chi connectivity index (χ2n) is 6.56. The number of esters is 1. The van der Waals surface area contributed by atoms with E-state index in [1.807, 2.05) is 45.9 Å². The Balaban J connectivity index is 2.32. The monoisotopic (exact) mass is 532 g/mol. The van der Waals surface area contributed by atoms with Gasteiger partial charge in [-0.05, 0) is 95.1 Å². The Morgan fingerprint density at radius 2 is 1.86 bits per heavy atom. The van der Waals surface area contributed by atoms with Crippen molar-refractivity contribution in [2.45, 2.75) is 39.8 Å². The molecular weight excluding hydrogens is 512 g/mol. The zero-order valence-corrected chi connectivity index (χ0v) is 20.3. The molecule has 0 aliphatic carbocycles. The van der Waals surface area contributed by atoms with E-state index < -0.39 is 5.97 Å². The standard InChI is InChI=1S/C19H22Br2N2O4S/c1-10(2)22-19-23(11(3)4)18(25)15(28-19)8-12-6-13(20)17(14(21)7-12)27-9-16(24)26-5/h6-8,10-11H,9H2,1-5H3/b15-8+,22-19?. The zero-order chi connectivity index (χ0) is 21.0. The van der Waals surface area contributed by atoms with Gasteiger partial charge in [-0.15, -0.1) is 0 Å². The average molecular weight is 534 g/mol. The van der Waals surface area contributed by atoms with Crippen molar-refractivity contribution in [3.8, 4) is 5.75 Å². The van der Waals surface area contributed by atoms with Crippen molar-refractivity contribution in [3.05, 3.63) is 31.5 Å². The highest BCUT2D eigenvalue weighted by Crippen LogP contribution is 2.38. The Kier molecular flexibility index (Phi) is 8.15. The van der Waals surface area contributed by atoms with Crippen molar-refractivity contribution in [1.29, 1.82) is 0 Å². The van der Waals surface area contributed by atoms with Crippen LogP contribution in [0.15, 0.2) is 31.0 Å². The van der Waals surface area contributed by atoms with Crippen molar-refractivity contribution in [3.63, 3.8) is 0 Å². The van der Waals surface area contributed by atoms with E-state index in [9.17, 15) is 9.59 Å². The van der Waals surface area contributed by atoms with Crippen LogP contribution in [0.4, 0.5) is 0 Å². The van der Waals surface area contributed by atoms with Crippen molar-refractivity contribution in [2.75, 3.05) is 13.7 Å². The third-order valence-corrected chi connectivity index (χ3v) is 5.78. The fourth-order valence-electron chi connectivity index (χ4n) is 2.39. The molecule has 1 aromatic rings. The summed E-state index contributed by atoms with van der Waals surface area (Å²) >= 11 is 8.28. The predicted molar refractivity (Wildman–Crippen MR) is 119 cm³/mol. The largest absolute Gasteiger partial charge is 0.480 e. The number of halogens is 2. The first kappa shape index (κ1) is 23.0. The molecule has 1 saturated heterocycles. The van der Waals surface area contributed by atoms with Gasteiger partial charge in [-0.1, -0.05) is 0 Å². The number of benzene rings is 1. The molecule has 1 aliphatic heterocycles. The van der Waals surface area contributed by atoms with Crippen molar-refractivity contribution in [2.24, 2.45) is 4.99 Å². The third-order valence-electron chi connectivity index (χ3n) is 3.60. The van der Waals surface area contributed by atoms with Crippen LogP contribution in [0, 0.1) is 0 Å². The molecular formula is C19H22Br2N2O4S. The predicted octanol–water partition coefficient (Wildman–Crippen LogP) is 4.85. The number of rotatable bonds is 6. The van der Waals surface area contributed by atoms with Crippen molar-refractivity contribution < 1.29 is 19.1 Å². The average Bonchev–Trinajstić information content (AvgIpc) is 2.88. The van der Waals surface area contributed by atoms with Crippen molar-refractivity contribution >= 4 is 66.7 Å². The van der Waals surface area contributed by atoms with Crippen LogP contribution in [0.2, 0.25) is 0 Å². The number of hydrogen-bond donors (Lipinski definition) is 0. The summed E-state index contributed by atoms with van der Waals surface area (Å²) in [4.78, 5) is 31.0. The quantitative estimate of drug-likeness (QED) is 0.386. The van der Waals surface area contributed by atoms with E-state index in [0.29, 0.717) is 19.6 Å². The summed E-state index contributed by atoms with van der Waals surface area (Å²) in [7, 11) is 1.30. The number of amides is 1. The summed E-state index contributed by atoms with van der Waals surface area (Å²) < 4.78 is 11.4. The molecule has 0 atom stereocenters. The normalized spacial score (nSPS) is 17.3. The van der Waals surface area contributed by atoms with Crippen LogP contribution in [0.25, 0.3) is 6.08 Å². The molecule has 0 aromatic heterocycles. The van der Waals surface area contributed by atoms with E-state index >= 15 is 0 Å². The first-order valence-corrected chi connectivity index (χ1v) is 11.0. The smallest absolute Gasteiger partial charge is 0.343 e. The number of carbonyl (C=O) groups is 2. The summed E-state index contributed by atoms with van der Waals surface area (Å²) in [6.45, 7) is 7.72. The second kappa shape index (κ2) is 9.93. The molecule has 0 saturated carbocycles. The molecule has 0 spiro atoms. The van der Waals surface area contributed by atoms with Gasteiger partial charge in [0.25, 0.3) is 5.91 Å². The number of amidine groups is 1. The highest BCUT2D eigenvalue weighted by atomic mass is 79.9. The summed E-state index contributed by atoms with van der Waals surface area (Å²) in [5.74, 6) is -0.0369. The van der Waals surface area contributed by atoms with Gasteiger partial charge in [-0.2, -0.15) is 0 Å². The van der Waals surface area contributed by atoms with Crippen LogP contribution in [0.1, 0.15) is 33.3 Å². The van der Waals surface area contributed by atoms with Gasteiger partial charge in [0.05, 0.1) is 21.0 Å². The number of carbonyl (C=O) groups excluding carboxylic acids is 2. The number of thioether (sulfide) groups is 1. The lowest BCUT2D eigenvalue weighted by Crippen LogP contribution is -2.35. The summed E-state index contributed by atoms with van der Waals surface area (Å²) in [6, 6.07) is 3.78. The van der Waals surface area contributed by atoms with Gasteiger partial charge in [-0.3, -0.25) is 14.7 Å². The fraction of sp³-hybridized carbons (Fsp3) is 0.421. The SMILES string of the molecule is COC(=O)COc1c(Br)cc(/C=C2/SC(=NC(C)C)N(C(C)C)C2=O)cc1Br. The van der Waals surface area contributed by atoms with Gasteiger partial charge in [0, 0.05) is 12.1 Å². The van der Waals surface area contributed by atoms with Crippen LogP contribution in [0.5, 0.6) is 5.75 Å². The molecule has 0 N–H and O–H groups in total. The topological polar surface area (TPSA) is 68.2 Å². The Morgan fingerprint density at radius 3 is 2.36 bits per heavy atom. The molecule has 9 heteroatoms. The Morgan fingerprint density at radius 1 is 1.25 bits per heavy atom. The van der Waals surface area contributed by atoms with Gasteiger partial charge in [-0.25, -0.2) is 4.79 Å². The van der Waals surface area contributed by atoms with Gasteiger partial charge >= 0.3 is 5.97 Å². The van der Waals surface area contributed by atoms with E-state index in [2.05, 4.69) is 41.6 Å². The minimum Gasteiger partial charge on any atom is -0.480 e. The van der Waals surface area contributed by atoms with E-state index in [1.54, 1.807) is 4.90 Å². The van der Waals surface area contributed by atoms with Crippen molar-refractivity contribution in [1.82, 2.24) is 4.90 Å². The lowest BCUT2D eigenvalue weighted by molar-refractivity contribution is -0.143. The summed E-state index contributed by atoms with van der Waals surface area (Å²) in [5.41, 5.74) is 0.814. The Labute approximate surface area is 186 Å². The van der Waals surface area contributed by atoms with E-state index in [-0.39, 0.29) is 24.6 Å². The summed E-state index contributed by atoms with van der Waals surface area (Å²) in [5, 5.41) is 0.720. The van der Waals surface area contributed by atoms with Gasteiger partial charge < -0.3 is 9.47 Å². The molecule has 1 heterocycles. The van der Waals surface area contributed by atoms with Gasteiger partial charge in [0.15, 0.2) is 11.8 Å². The number of nitrogens with zero attached hydrogens (tertiary/aromatic N) is 2. The van der Waals surface area contributed by atoms with Gasteiger partial charge in [0.1, 0.15) is 5.75 Å². The van der Waals surface area contributed by atoms with Crippen LogP contribution < -0.4 is 4.74 Å². The molecule has 6 nitrogen and oxygen atoms in total. The molecule has 2 rings (SSSR count). The van der Waals surface area contributed by atoms with Crippen LogP contribution in [0.3, 0.4) is 0 Å². The van der Waals surface area contributed by atoms with E-state index in [1.165, 1.54) is 18.9 Å². The molecule has 0 radical (unpaired) electrons. The lowest BCUT2D eigenvalue weighted by Gasteiger charge is -2.20.